The molecule has 2 rings (SSSR count). The summed E-state index contributed by atoms with van der Waals surface area (Å²) in [5, 5.41) is 11.7. The van der Waals surface area contributed by atoms with Crippen LogP contribution in [0.15, 0.2) is 35.4 Å². The first-order chi connectivity index (χ1) is 6.70. The smallest absolute Gasteiger partial charge is 1.00 e. The Labute approximate surface area is 102 Å². The standard InChI is InChI=1S/C9H7NO3S.Li/c11-7-3-4-8(14(12)13)6-2-1-5-10-9(6)7;/h1-5,11H,(H,12,13);/q;-1. The van der Waals surface area contributed by atoms with Gasteiger partial charge in [0.15, 0.2) is 6.20 Å². The topological polar surface area (TPSA) is 77.3 Å². The molecule has 15 heavy (non-hydrogen) atoms. The molecule has 0 amide bonds. The van der Waals surface area contributed by atoms with Crippen molar-refractivity contribution in [1.29, 1.82) is 0 Å². The normalized spacial score (nSPS) is 12.1. The van der Waals surface area contributed by atoms with Crippen molar-refractivity contribution in [2.24, 2.45) is 0 Å². The van der Waals surface area contributed by atoms with Crippen LogP contribution in [0.3, 0.4) is 0 Å². The second-order valence-electron chi connectivity index (χ2n) is 2.76. The zero-order valence-corrected chi connectivity index (χ0v) is 8.84. The van der Waals surface area contributed by atoms with Crippen molar-refractivity contribution in [3.05, 3.63) is 30.5 Å². The average Bonchev–Trinajstić information content (AvgIpc) is 2.18. The molecule has 2 aromatic rings. The van der Waals surface area contributed by atoms with Crippen molar-refractivity contribution >= 4 is 40.8 Å². The molecule has 2 radical (unpaired) electrons. The molecular weight excluding hydrogens is 209 g/mol. The number of aromatic amines is 1. The Bertz CT molecular complexity index is 523. The SMILES string of the molecule is O=S([O-])c1ccc([O-])c2[nH+]cccc12.[H+].[Li-]. The first-order valence-corrected chi connectivity index (χ1v) is 4.97. The van der Waals surface area contributed by atoms with Crippen molar-refractivity contribution < 1.29 is 20.3 Å². The van der Waals surface area contributed by atoms with E-state index in [1.807, 2.05) is 0 Å². The summed E-state index contributed by atoms with van der Waals surface area (Å²) in [5.74, 6) is -0.213. The third-order valence-corrected chi connectivity index (χ3v) is 2.65. The average molecular weight is 216 g/mol. The van der Waals surface area contributed by atoms with Crippen LogP contribution in [0.2, 0.25) is 0 Å². The van der Waals surface area contributed by atoms with Gasteiger partial charge in [-0.25, -0.2) is 4.98 Å². The van der Waals surface area contributed by atoms with Crippen LogP contribution in [-0.4, -0.2) is 27.6 Å². The van der Waals surface area contributed by atoms with E-state index in [9.17, 15) is 13.9 Å². The summed E-state index contributed by atoms with van der Waals surface area (Å²) in [6, 6.07) is 5.79. The first-order valence-electron chi connectivity index (χ1n) is 3.90. The van der Waals surface area contributed by atoms with Crippen LogP contribution in [0, 0.1) is 0 Å². The molecule has 0 spiro atoms. The Morgan fingerprint density at radius 1 is 1.33 bits per heavy atom. The van der Waals surface area contributed by atoms with Gasteiger partial charge >= 0.3 is 1.43 Å². The molecule has 0 aliphatic rings. The van der Waals surface area contributed by atoms with Crippen molar-refractivity contribution in [1.82, 2.24) is 0 Å². The van der Waals surface area contributed by atoms with E-state index in [1.165, 1.54) is 12.1 Å². The molecule has 0 aliphatic carbocycles. The van der Waals surface area contributed by atoms with Gasteiger partial charge in [0.25, 0.3) is 0 Å². The minimum atomic E-state index is -2.32. The monoisotopic (exact) mass is 216 g/mol. The fourth-order valence-corrected chi connectivity index (χ4v) is 1.84. The summed E-state index contributed by atoms with van der Waals surface area (Å²) in [7, 11) is 0. The van der Waals surface area contributed by atoms with E-state index in [-0.39, 0.29) is 30.9 Å². The second-order valence-corrected chi connectivity index (χ2v) is 3.66. The minimum absolute atomic E-state index is 0. The Balaban J connectivity index is 0.00000112. The molecule has 1 aromatic carbocycles. The van der Waals surface area contributed by atoms with Crippen molar-refractivity contribution in [2.75, 3.05) is 0 Å². The largest absolute Gasteiger partial charge is 1.00 e. The summed E-state index contributed by atoms with van der Waals surface area (Å²) >= 11 is -2.32. The van der Waals surface area contributed by atoms with Gasteiger partial charge < -0.3 is 28.5 Å². The maximum Gasteiger partial charge on any atom is 1.00 e. The van der Waals surface area contributed by atoms with Gasteiger partial charge in [0.1, 0.15) is 0 Å². The van der Waals surface area contributed by atoms with E-state index in [0.717, 1.165) is 0 Å². The van der Waals surface area contributed by atoms with Crippen LogP contribution in [-0.2, 0) is 11.1 Å². The van der Waals surface area contributed by atoms with Gasteiger partial charge in [-0.05, 0) is 29.0 Å². The van der Waals surface area contributed by atoms with Crippen LogP contribution in [0.1, 0.15) is 1.43 Å². The third-order valence-electron chi connectivity index (χ3n) is 1.93. The molecule has 1 unspecified atom stereocenters. The van der Waals surface area contributed by atoms with Crippen LogP contribution >= 0.6 is 0 Å². The predicted octanol–water partition coefficient (Wildman–Crippen LogP) is -0.303. The molecule has 1 heterocycles. The molecule has 6 heteroatoms. The number of fused-ring (bicyclic) bond motifs is 1. The zero-order valence-electron chi connectivity index (χ0n) is 9.02. The van der Waals surface area contributed by atoms with Gasteiger partial charge in [0.05, 0.1) is 5.39 Å². The van der Waals surface area contributed by atoms with Gasteiger partial charge in [0, 0.05) is 11.0 Å². The maximum atomic E-state index is 11.3. The molecule has 4 nitrogen and oxygen atoms in total. The summed E-state index contributed by atoms with van der Waals surface area (Å²) in [4.78, 5) is 2.86. The van der Waals surface area contributed by atoms with Gasteiger partial charge in [-0.15, -0.1) is 0 Å². The molecule has 0 aliphatic heterocycles. The quantitative estimate of drug-likeness (QED) is 0.485. The Kier molecular flexibility index (Phi) is 3.88. The third kappa shape index (κ3) is 2.21. The van der Waals surface area contributed by atoms with Crippen LogP contribution in [0.4, 0.5) is 0 Å². The fourth-order valence-electron chi connectivity index (χ4n) is 1.32. The van der Waals surface area contributed by atoms with E-state index in [2.05, 4.69) is 4.98 Å². The van der Waals surface area contributed by atoms with Crippen molar-refractivity contribution in [3.8, 4) is 5.75 Å². The number of pyridine rings is 1. The molecule has 0 saturated carbocycles. The van der Waals surface area contributed by atoms with Gasteiger partial charge in [-0.2, -0.15) is 0 Å². The van der Waals surface area contributed by atoms with Crippen molar-refractivity contribution in [2.45, 2.75) is 4.90 Å². The molecule has 0 fully saturated rings. The molecule has 74 valence electrons. The zero-order chi connectivity index (χ0) is 10.1. The number of aromatic nitrogens is 1. The van der Waals surface area contributed by atoms with E-state index in [0.29, 0.717) is 10.9 Å². The molecule has 1 aromatic heterocycles. The molecule has 1 atom stereocenters. The number of hydrogen-bond donors (Lipinski definition) is 0. The number of benzene rings is 1. The first kappa shape index (κ1) is 12.2. The molecule has 1 N–H and O–H groups in total. The number of rotatable bonds is 1. The summed E-state index contributed by atoms with van der Waals surface area (Å²) in [6.45, 7) is 0. The number of nitrogens with one attached hydrogen (secondary N) is 1. The van der Waals surface area contributed by atoms with Gasteiger partial charge in [0.2, 0.25) is 5.52 Å². The van der Waals surface area contributed by atoms with Crippen molar-refractivity contribution in [3.63, 3.8) is 0 Å². The van der Waals surface area contributed by atoms with E-state index in [4.69, 9.17) is 0 Å². The molecular formula is C9H7LiNO3S-. The molecule has 0 bridgehead atoms. The van der Waals surface area contributed by atoms with Gasteiger partial charge in [-0.3, -0.25) is 4.21 Å². The summed E-state index contributed by atoms with van der Waals surface area (Å²) < 4.78 is 21.6. The summed E-state index contributed by atoms with van der Waals surface area (Å²) in [6.07, 6.45) is 1.58. The Hall–Kier alpha value is -0.863. The Morgan fingerprint density at radius 3 is 2.73 bits per heavy atom. The van der Waals surface area contributed by atoms with Crippen LogP contribution in [0.5, 0.6) is 5.75 Å². The van der Waals surface area contributed by atoms with E-state index >= 15 is 0 Å². The Morgan fingerprint density at radius 2 is 2.07 bits per heavy atom. The molecule has 0 saturated heterocycles. The second kappa shape index (κ2) is 4.77. The summed E-state index contributed by atoms with van der Waals surface area (Å²) in [5.41, 5.74) is 0.314. The predicted molar refractivity (Wildman–Crippen MR) is 54.0 cm³/mol. The van der Waals surface area contributed by atoms with E-state index in [1.54, 1.807) is 18.3 Å². The number of hydrogen-bond acceptors (Lipinski definition) is 3. The van der Waals surface area contributed by atoms with Gasteiger partial charge in [-0.1, -0.05) is 6.07 Å². The van der Waals surface area contributed by atoms with Crippen LogP contribution < -0.4 is 10.1 Å². The fraction of sp³-hybridized carbons (Fsp3) is 0. The number of H-pyrrole nitrogens is 1. The maximum absolute atomic E-state index is 11.3. The van der Waals surface area contributed by atoms with E-state index < -0.39 is 11.1 Å². The van der Waals surface area contributed by atoms with Crippen LogP contribution in [0.25, 0.3) is 10.9 Å². The minimum Gasteiger partial charge on any atom is -1.00 e.